The number of benzene rings is 1. The van der Waals surface area contributed by atoms with Crippen molar-refractivity contribution in [1.82, 2.24) is 4.90 Å². The zero-order chi connectivity index (χ0) is 15.0. The van der Waals surface area contributed by atoms with Crippen molar-refractivity contribution < 1.29 is 24.2 Å². The number of carbonyl (C=O) groups is 2. The summed E-state index contributed by atoms with van der Waals surface area (Å²) < 4.78 is 13.4. The van der Waals surface area contributed by atoms with Crippen LogP contribution in [0.4, 0.5) is 4.39 Å². The Kier molecular flexibility index (Phi) is 4.17. The van der Waals surface area contributed by atoms with Crippen molar-refractivity contribution in [2.24, 2.45) is 0 Å². The van der Waals surface area contributed by atoms with E-state index in [4.69, 9.17) is 28.3 Å². The van der Waals surface area contributed by atoms with Crippen LogP contribution in [0.15, 0.2) is 12.1 Å². The molecule has 0 spiro atoms. The van der Waals surface area contributed by atoms with Crippen molar-refractivity contribution in [2.45, 2.75) is 18.6 Å². The number of rotatable bonds is 2. The van der Waals surface area contributed by atoms with Gasteiger partial charge in [0, 0.05) is 13.0 Å². The summed E-state index contributed by atoms with van der Waals surface area (Å²) in [6.45, 7) is -0.142. The number of amides is 1. The van der Waals surface area contributed by atoms with Crippen LogP contribution >= 0.6 is 23.2 Å². The van der Waals surface area contributed by atoms with Gasteiger partial charge >= 0.3 is 5.97 Å². The Morgan fingerprint density at radius 3 is 2.55 bits per heavy atom. The summed E-state index contributed by atoms with van der Waals surface area (Å²) in [5.74, 6) is -2.82. The number of hydrogen-bond acceptors (Lipinski definition) is 3. The lowest BCUT2D eigenvalue weighted by molar-refractivity contribution is -0.141. The van der Waals surface area contributed by atoms with E-state index in [9.17, 15) is 19.1 Å². The third kappa shape index (κ3) is 2.72. The highest BCUT2D eigenvalue weighted by molar-refractivity contribution is 6.36. The average Bonchev–Trinajstić information content (AvgIpc) is 2.75. The summed E-state index contributed by atoms with van der Waals surface area (Å²) in [5, 5.41) is 18.2. The van der Waals surface area contributed by atoms with E-state index in [-0.39, 0.29) is 28.6 Å². The molecule has 8 heteroatoms. The number of aliphatic hydroxyl groups is 1. The molecule has 5 nitrogen and oxygen atoms in total. The second kappa shape index (κ2) is 5.55. The first-order valence-electron chi connectivity index (χ1n) is 5.67. The predicted octanol–water partition coefficient (Wildman–Crippen LogP) is 1.79. The first-order chi connectivity index (χ1) is 9.31. The molecule has 20 heavy (non-hydrogen) atoms. The zero-order valence-electron chi connectivity index (χ0n) is 10.0. The molecule has 0 bridgehead atoms. The van der Waals surface area contributed by atoms with E-state index in [2.05, 4.69) is 0 Å². The first kappa shape index (κ1) is 15.0. The largest absolute Gasteiger partial charge is 0.480 e. The van der Waals surface area contributed by atoms with E-state index in [1.54, 1.807) is 0 Å². The number of carboxylic acids is 1. The predicted molar refractivity (Wildman–Crippen MR) is 69.5 cm³/mol. The number of carbonyl (C=O) groups excluding carboxylic acids is 1. The number of aliphatic hydroxyl groups excluding tert-OH is 1. The van der Waals surface area contributed by atoms with Crippen LogP contribution in [0.3, 0.4) is 0 Å². The first-order valence-corrected chi connectivity index (χ1v) is 6.43. The number of aliphatic carboxylic acids is 1. The van der Waals surface area contributed by atoms with Gasteiger partial charge in [-0.2, -0.15) is 0 Å². The molecule has 2 rings (SSSR count). The van der Waals surface area contributed by atoms with Crippen LogP contribution in [0, 0.1) is 5.82 Å². The Labute approximate surface area is 123 Å². The molecule has 2 N–H and O–H groups in total. The molecule has 0 saturated carbocycles. The quantitative estimate of drug-likeness (QED) is 0.814. The van der Waals surface area contributed by atoms with E-state index >= 15 is 0 Å². The molecule has 1 aromatic carbocycles. The van der Waals surface area contributed by atoms with Crippen LogP contribution < -0.4 is 0 Å². The SMILES string of the molecule is O=C(O)[C@@H]1CC(O)CN1C(=O)c1cc(F)c(Cl)cc1Cl. The third-order valence-electron chi connectivity index (χ3n) is 3.07. The highest BCUT2D eigenvalue weighted by Gasteiger charge is 2.39. The molecule has 1 aliphatic rings. The average molecular weight is 322 g/mol. The number of halogens is 3. The summed E-state index contributed by atoms with van der Waals surface area (Å²) >= 11 is 11.4. The maximum Gasteiger partial charge on any atom is 0.326 e. The fourth-order valence-electron chi connectivity index (χ4n) is 2.11. The van der Waals surface area contributed by atoms with Crippen molar-refractivity contribution in [3.05, 3.63) is 33.6 Å². The smallest absolute Gasteiger partial charge is 0.326 e. The summed E-state index contributed by atoms with van der Waals surface area (Å²) in [4.78, 5) is 24.3. The van der Waals surface area contributed by atoms with Gasteiger partial charge in [-0.05, 0) is 12.1 Å². The van der Waals surface area contributed by atoms with Crippen LogP contribution in [-0.4, -0.2) is 45.7 Å². The van der Waals surface area contributed by atoms with Crippen molar-refractivity contribution in [1.29, 1.82) is 0 Å². The number of nitrogens with zero attached hydrogens (tertiary/aromatic N) is 1. The van der Waals surface area contributed by atoms with Crippen molar-refractivity contribution >= 4 is 35.1 Å². The van der Waals surface area contributed by atoms with Gasteiger partial charge in [-0.25, -0.2) is 9.18 Å². The summed E-state index contributed by atoms with van der Waals surface area (Å²) in [6.07, 6.45) is -1.01. The molecule has 0 aromatic heterocycles. The minimum absolute atomic E-state index is 0.0746. The molecule has 1 unspecified atom stereocenters. The van der Waals surface area contributed by atoms with Gasteiger partial charge in [0.15, 0.2) is 0 Å². The van der Waals surface area contributed by atoms with E-state index in [1.165, 1.54) is 0 Å². The fraction of sp³-hybridized carbons (Fsp3) is 0.333. The summed E-state index contributed by atoms with van der Waals surface area (Å²) in [7, 11) is 0. The lowest BCUT2D eigenvalue weighted by Gasteiger charge is -2.21. The molecule has 1 saturated heterocycles. The van der Waals surface area contributed by atoms with Crippen molar-refractivity contribution in [3.8, 4) is 0 Å². The van der Waals surface area contributed by atoms with Crippen LogP contribution in [0.25, 0.3) is 0 Å². The molecule has 0 aliphatic carbocycles. The molecule has 1 heterocycles. The van der Waals surface area contributed by atoms with E-state index < -0.39 is 29.8 Å². The molecule has 1 fully saturated rings. The summed E-state index contributed by atoms with van der Waals surface area (Å²) in [5.41, 5.74) is -0.186. The Morgan fingerprint density at radius 2 is 1.95 bits per heavy atom. The highest BCUT2D eigenvalue weighted by Crippen LogP contribution is 2.28. The molecule has 1 amide bonds. The van der Waals surface area contributed by atoms with Gasteiger partial charge in [0.25, 0.3) is 5.91 Å². The van der Waals surface area contributed by atoms with E-state index in [1.807, 2.05) is 0 Å². The van der Waals surface area contributed by atoms with Gasteiger partial charge in [0.2, 0.25) is 0 Å². The van der Waals surface area contributed by atoms with Gasteiger partial charge in [-0.1, -0.05) is 23.2 Å². The van der Waals surface area contributed by atoms with Gasteiger partial charge < -0.3 is 15.1 Å². The number of likely N-dealkylation sites (tertiary alicyclic amines) is 1. The van der Waals surface area contributed by atoms with Gasteiger partial charge in [-0.3, -0.25) is 4.79 Å². The third-order valence-corrected chi connectivity index (χ3v) is 3.67. The number of hydrogen-bond donors (Lipinski definition) is 2. The monoisotopic (exact) mass is 321 g/mol. The number of carboxylic acid groups (broad SMARTS) is 1. The molecule has 2 atom stereocenters. The Bertz CT molecular complexity index is 581. The molecule has 108 valence electrons. The van der Waals surface area contributed by atoms with E-state index in [0.29, 0.717) is 0 Å². The fourth-order valence-corrected chi connectivity index (χ4v) is 2.58. The molecule has 1 aliphatic heterocycles. The highest BCUT2D eigenvalue weighted by atomic mass is 35.5. The number of β-amino-alcohol motifs (C(OH)–C–C–N with tert-alkyl or cyclic N) is 1. The molecule has 1 aromatic rings. The molecule has 0 radical (unpaired) electrons. The van der Waals surface area contributed by atoms with Crippen molar-refractivity contribution in [2.75, 3.05) is 6.54 Å². The van der Waals surface area contributed by atoms with Gasteiger partial charge in [-0.15, -0.1) is 0 Å². The van der Waals surface area contributed by atoms with Crippen LogP contribution in [-0.2, 0) is 4.79 Å². The van der Waals surface area contributed by atoms with E-state index in [0.717, 1.165) is 17.0 Å². The van der Waals surface area contributed by atoms with Crippen molar-refractivity contribution in [3.63, 3.8) is 0 Å². The Hall–Kier alpha value is -1.37. The topological polar surface area (TPSA) is 77.8 Å². The lowest BCUT2D eigenvalue weighted by Crippen LogP contribution is -2.40. The van der Waals surface area contributed by atoms with Gasteiger partial charge in [0.05, 0.1) is 21.7 Å². The van der Waals surface area contributed by atoms with Gasteiger partial charge in [0.1, 0.15) is 11.9 Å². The van der Waals surface area contributed by atoms with Crippen LogP contribution in [0.1, 0.15) is 16.8 Å². The maximum atomic E-state index is 13.4. The van der Waals surface area contributed by atoms with Crippen LogP contribution in [0.2, 0.25) is 10.0 Å². The Balaban J connectivity index is 2.36. The second-order valence-corrected chi connectivity index (χ2v) is 5.26. The Morgan fingerprint density at radius 1 is 1.30 bits per heavy atom. The normalized spacial score (nSPS) is 22.1. The minimum Gasteiger partial charge on any atom is -0.480 e. The maximum absolute atomic E-state index is 13.4. The molecular weight excluding hydrogens is 312 g/mol. The minimum atomic E-state index is -1.24. The second-order valence-electron chi connectivity index (χ2n) is 4.45. The lowest BCUT2D eigenvalue weighted by atomic mass is 10.1. The molecular formula is C12H10Cl2FNO4. The van der Waals surface area contributed by atoms with Crippen LogP contribution in [0.5, 0.6) is 0 Å². The summed E-state index contributed by atoms with van der Waals surface area (Å²) in [6, 6.07) is 0.775. The zero-order valence-corrected chi connectivity index (χ0v) is 11.5. The standard InChI is InChI=1S/C12H10Cl2FNO4/c13-7-3-8(14)9(15)2-6(7)11(18)16-4-5(17)1-10(16)12(19)20/h2-3,5,10,17H,1,4H2,(H,19,20)/t5?,10-/m0/s1.